The van der Waals surface area contributed by atoms with E-state index < -0.39 is 41.8 Å². The molecule has 43 heavy (non-hydrogen) atoms. The zero-order chi connectivity index (χ0) is 31.4. The van der Waals surface area contributed by atoms with Gasteiger partial charge in [0, 0.05) is 10.2 Å². The molecule has 0 heterocycles. The quantitative estimate of drug-likeness (QED) is 0.101. The third-order valence-electron chi connectivity index (χ3n) is 5.25. The van der Waals surface area contributed by atoms with E-state index in [-0.39, 0.29) is 22.6 Å². The number of alkyl halides is 3. The number of amides is 3. The van der Waals surface area contributed by atoms with Crippen LogP contribution in [0.3, 0.4) is 0 Å². The van der Waals surface area contributed by atoms with Crippen LogP contribution in [-0.4, -0.2) is 43.8 Å². The highest BCUT2D eigenvalue weighted by Crippen LogP contribution is 2.36. The molecule has 0 fully saturated rings. The molecule has 3 N–H and O–H groups in total. The molecule has 0 radical (unpaired) electrons. The third kappa shape index (κ3) is 10.2. The van der Waals surface area contributed by atoms with Crippen molar-refractivity contribution in [1.29, 1.82) is 0 Å². The normalized spacial score (nSPS) is 11.0. The molecule has 226 valence electrons. The van der Waals surface area contributed by atoms with E-state index in [0.29, 0.717) is 23.6 Å². The van der Waals surface area contributed by atoms with Gasteiger partial charge in [0.05, 0.1) is 24.1 Å². The highest BCUT2D eigenvalue weighted by atomic mass is 79.9. The average molecular weight is 663 g/mol. The zero-order valence-corrected chi connectivity index (χ0v) is 24.3. The van der Waals surface area contributed by atoms with Gasteiger partial charge in [-0.3, -0.25) is 14.4 Å². The first-order valence-electron chi connectivity index (χ1n) is 12.5. The summed E-state index contributed by atoms with van der Waals surface area (Å²) in [6.07, 6.45) is -1.83. The van der Waals surface area contributed by atoms with Crippen LogP contribution in [0.2, 0.25) is 0 Å². The van der Waals surface area contributed by atoms with Crippen molar-refractivity contribution in [2.45, 2.75) is 13.1 Å². The summed E-state index contributed by atoms with van der Waals surface area (Å²) in [6.45, 7) is 5.23. The molecular formula is C29H26BrF3N4O6. The minimum atomic E-state index is -4.68. The van der Waals surface area contributed by atoms with E-state index in [9.17, 15) is 27.6 Å². The SMILES string of the molecule is C=CCOc1ccc(NC(=O)C(=O)N/N=C\c2ccc(OCC(=O)Nc3ccc(Br)cc3C(F)(F)F)c(OCC)c2)cc1. The summed E-state index contributed by atoms with van der Waals surface area (Å²) in [7, 11) is 0. The van der Waals surface area contributed by atoms with Crippen LogP contribution in [0.15, 0.2) is 82.9 Å². The van der Waals surface area contributed by atoms with Gasteiger partial charge in [-0.1, -0.05) is 28.6 Å². The predicted molar refractivity (Wildman–Crippen MR) is 157 cm³/mol. The van der Waals surface area contributed by atoms with Crippen molar-refractivity contribution in [3.63, 3.8) is 0 Å². The number of carbonyl (C=O) groups is 3. The Kier molecular flexibility index (Phi) is 11.7. The molecule has 3 aromatic carbocycles. The molecule has 0 aliphatic rings. The number of halogens is 4. The second-order valence-corrected chi connectivity index (χ2v) is 9.36. The lowest BCUT2D eigenvalue weighted by atomic mass is 10.1. The minimum Gasteiger partial charge on any atom is -0.490 e. The Morgan fingerprint density at radius 3 is 2.35 bits per heavy atom. The van der Waals surface area contributed by atoms with Gasteiger partial charge in [-0.15, -0.1) is 0 Å². The summed E-state index contributed by atoms with van der Waals surface area (Å²) < 4.78 is 56.6. The highest BCUT2D eigenvalue weighted by Gasteiger charge is 2.34. The molecule has 0 bridgehead atoms. The van der Waals surface area contributed by atoms with Crippen LogP contribution in [-0.2, 0) is 20.6 Å². The Morgan fingerprint density at radius 2 is 1.67 bits per heavy atom. The fraction of sp³-hybridized carbons (Fsp3) is 0.172. The van der Waals surface area contributed by atoms with E-state index in [4.69, 9.17) is 14.2 Å². The molecule has 3 rings (SSSR count). The molecule has 14 heteroatoms. The predicted octanol–water partition coefficient (Wildman–Crippen LogP) is 5.54. The molecule has 0 aliphatic heterocycles. The Labute approximate surface area is 253 Å². The van der Waals surface area contributed by atoms with E-state index in [1.807, 2.05) is 0 Å². The molecule has 3 amide bonds. The summed E-state index contributed by atoms with van der Waals surface area (Å²) in [4.78, 5) is 36.6. The van der Waals surface area contributed by atoms with Crippen LogP contribution >= 0.6 is 15.9 Å². The topological polar surface area (TPSA) is 127 Å². The van der Waals surface area contributed by atoms with Crippen LogP contribution < -0.4 is 30.3 Å². The number of nitrogens with one attached hydrogen (secondary N) is 3. The summed E-state index contributed by atoms with van der Waals surface area (Å²) in [5.74, 6) is -1.86. The molecule has 10 nitrogen and oxygen atoms in total. The van der Waals surface area contributed by atoms with Gasteiger partial charge in [0.1, 0.15) is 12.4 Å². The maximum atomic E-state index is 13.3. The van der Waals surface area contributed by atoms with E-state index >= 15 is 0 Å². The number of carbonyl (C=O) groups excluding carboxylic acids is 3. The molecule has 0 aromatic heterocycles. The van der Waals surface area contributed by atoms with Gasteiger partial charge in [0.2, 0.25) is 0 Å². The first-order chi connectivity index (χ1) is 20.5. The minimum absolute atomic E-state index is 0.144. The molecule has 0 saturated heterocycles. The largest absolute Gasteiger partial charge is 0.490 e. The van der Waals surface area contributed by atoms with Crippen LogP contribution in [0.25, 0.3) is 0 Å². The van der Waals surface area contributed by atoms with Crippen molar-refractivity contribution >= 4 is 51.2 Å². The van der Waals surface area contributed by atoms with Gasteiger partial charge in [-0.2, -0.15) is 18.3 Å². The van der Waals surface area contributed by atoms with Gasteiger partial charge in [-0.05, 0) is 73.2 Å². The van der Waals surface area contributed by atoms with Gasteiger partial charge in [0.15, 0.2) is 18.1 Å². The zero-order valence-electron chi connectivity index (χ0n) is 22.7. The third-order valence-corrected chi connectivity index (χ3v) is 5.75. The second kappa shape index (κ2) is 15.4. The maximum Gasteiger partial charge on any atom is 0.418 e. The fourth-order valence-corrected chi connectivity index (χ4v) is 3.74. The molecule has 0 spiro atoms. The number of benzene rings is 3. The van der Waals surface area contributed by atoms with E-state index in [2.05, 4.69) is 43.7 Å². The summed E-state index contributed by atoms with van der Waals surface area (Å²) in [6, 6.07) is 14.2. The summed E-state index contributed by atoms with van der Waals surface area (Å²) in [5.41, 5.74) is 1.51. The van der Waals surface area contributed by atoms with E-state index in [1.54, 1.807) is 37.3 Å². The molecule has 3 aromatic rings. The first-order valence-corrected chi connectivity index (χ1v) is 13.3. The fourth-order valence-electron chi connectivity index (χ4n) is 3.38. The number of nitrogens with zero attached hydrogens (tertiary/aromatic N) is 1. The van der Waals surface area contributed by atoms with Crippen LogP contribution in [0.4, 0.5) is 24.5 Å². The van der Waals surface area contributed by atoms with Crippen LogP contribution in [0.5, 0.6) is 17.2 Å². The number of hydrogen-bond acceptors (Lipinski definition) is 7. The molecular weight excluding hydrogens is 637 g/mol. The molecule has 0 saturated carbocycles. The van der Waals surface area contributed by atoms with Crippen LogP contribution in [0.1, 0.15) is 18.1 Å². The number of hydrazone groups is 1. The smallest absolute Gasteiger partial charge is 0.418 e. The van der Waals surface area contributed by atoms with Crippen molar-refractivity contribution < 1.29 is 41.8 Å². The number of anilines is 2. The monoisotopic (exact) mass is 662 g/mol. The number of rotatable bonds is 12. The summed E-state index contributed by atoms with van der Waals surface area (Å²) in [5, 5.41) is 8.40. The van der Waals surface area contributed by atoms with Crippen LogP contribution in [0, 0.1) is 0 Å². The maximum absolute atomic E-state index is 13.3. The molecule has 0 atom stereocenters. The average Bonchev–Trinajstić information content (AvgIpc) is 2.97. The number of hydrogen-bond donors (Lipinski definition) is 3. The lowest BCUT2D eigenvalue weighted by Crippen LogP contribution is -2.32. The summed E-state index contributed by atoms with van der Waals surface area (Å²) >= 11 is 2.99. The van der Waals surface area contributed by atoms with E-state index in [0.717, 1.165) is 12.1 Å². The van der Waals surface area contributed by atoms with Gasteiger partial charge >= 0.3 is 18.0 Å². The highest BCUT2D eigenvalue weighted by molar-refractivity contribution is 9.10. The van der Waals surface area contributed by atoms with Crippen molar-refractivity contribution in [1.82, 2.24) is 5.43 Å². The van der Waals surface area contributed by atoms with Gasteiger partial charge in [-0.25, -0.2) is 5.43 Å². The molecule has 0 aliphatic carbocycles. The second-order valence-electron chi connectivity index (χ2n) is 8.44. The van der Waals surface area contributed by atoms with Gasteiger partial charge in [0.25, 0.3) is 5.91 Å². The van der Waals surface area contributed by atoms with E-state index in [1.165, 1.54) is 30.5 Å². The lowest BCUT2D eigenvalue weighted by Gasteiger charge is -2.15. The van der Waals surface area contributed by atoms with Crippen molar-refractivity contribution in [3.8, 4) is 17.2 Å². The van der Waals surface area contributed by atoms with Crippen molar-refractivity contribution in [2.24, 2.45) is 5.10 Å². The Bertz CT molecular complexity index is 1500. The standard InChI is InChI=1S/C29H26BrF3N4O6/c1-3-13-42-21-9-7-20(8-10-21)35-27(39)28(40)37-34-16-18-5-12-24(25(14-18)41-4-2)43-17-26(38)36-23-11-6-19(30)15-22(23)29(31,32)33/h3,5-12,14-16H,1,4,13,17H2,2H3,(H,35,39)(H,36,38)(H,37,40)/b34-16-. The Hall–Kier alpha value is -4.85. The van der Waals surface area contributed by atoms with Crippen molar-refractivity contribution in [3.05, 3.63) is 88.9 Å². The number of ether oxygens (including phenoxy) is 3. The Balaban J connectivity index is 1.57. The van der Waals surface area contributed by atoms with Gasteiger partial charge < -0.3 is 24.8 Å². The first kappa shape index (κ1) is 32.7. The van der Waals surface area contributed by atoms with Crippen molar-refractivity contribution in [2.75, 3.05) is 30.5 Å². The molecule has 0 unspecified atom stereocenters. The Morgan fingerprint density at radius 1 is 0.930 bits per heavy atom. The lowest BCUT2D eigenvalue weighted by molar-refractivity contribution is -0.137.